The first-order chi connectivity index (χ1) is 11.3. The van der Waals surface area contributed by atoms with Crippen molar-refractivity contribution in [1.82, 2.24) is 4.72 Å². The molecular formula is C18H21Cl2NO2S. The Labute approximate surface area is 154 Å². The molecule has 0 unspecified atom stereocenters. The molecule has 1 N–H and O–H groups in total. The first-order valence-electron chi connectivity index (χ1n) is 7.75. The Bertz CT molecular complexity index is 777. The average Bonchev–Trinajstić information content (AvgIpc) is 2.49. The van der Waals surface area contributed by atoms with Crippen molar-refractivity contribution in [2.75, 3.05) is 0 Å². The fourth-order valence-corrected chi connectivity index (χ4v) is 4.48. The molecule has 0 saturated heterocycles. The molecule has 0 aliphatic rings. The SMILES string of the molecule is CC(C)C[C@@H](NS(=O)(=O)Cc1ccc(Cl)cc1Cl)c1ccccc1. The predicted molar refractivity (Wildman–Crippen MR) is 101 cm³/mol. The minimum absolute atomic E-state index is 0.176. The topological polar surface area (TPSA) is 46.2 Å². The zero-order chi connectivity index (χ0) is 17.7. The van der Waals surface area contributed by atoms with Crippen molar-refractivity contribution < 1.29 is 8.42 Å². The Morgan fingerprint density at radius 1 is 1.04 bits per heavy atom. The maximum absolute atomic E-state index is 12.6. The summed E-state index contributed by atoms with van der Waals surface area (Å²) in [5.74, 6) is 0.182. The van der Waals surface area contributed by atoms with Crippen LogP contribution in [0.2, 0.25) is 10.0 Å². The summed E-state index contributed by atoms with van der Waals surface area (Å²) < 4.78 is 28.0. The quantitative estimate of drug-likeness (QED) is 0.711. The van der Waals surface area contributed by atoms with Crippen LogP contribution in [0.4, 0.5) is 0 Å². The van der Waals surface area contributed by atoms with E-state index in [1.165, 1.54) is 0 Å². The minimum atomic E-state index is -3.54. The standard InChI is InChI=1S/C18H21Cl2NO2S/c1-13(2)10-18(14-6-4-3-5-7-14)21-24(22,23)12-15-8-9-16(19)11-17(15)20/h3-9,11,13,18,21H,10,12H2,1-2H3/t18-/m1/s1. The van der Waals surface area contributed by atoms with Crippen LogP contribution in [-0.4, -0.2) is 8.42 Å². The van der Waals surface area contributed by atoms with Gasteiger partial charge in [-0.3, -0.25) is 0 Å². The van der Waals surface area contributed by atoms with Gasteiger partial charge in [-0.05, 0) is 35.6 Å². The molecule has 3 nitrogen and oxygen atoms in total. The van der Waals surface area contributed by atoms with Gasteiger partial charge in [0, 0.05) is 16.1 Å². The van der Waals surface area contributed by atoms with Crippen molar-refractivity contribution in [3.63, 3.8) is 0 Å². The van der Waals surface area contributed by atoms with Gasteiger partial charge in [0.15, 0.2) is 0 Å². The highest BCUT2D eigenvalue weighted by Crippen LogP contribution is 2.25. The molecule has 0 saturated carbocycles. The summed E-state index contributed by atoms with van der Waals surface area (Å²) in [6.07, 6.45) is 0.720. The van der Waals surface area contributed by atoms with Crippen molar-refractivity contribution in [3.8, 4) is 0 Å². The predicted octanol–water partition coefficient (Wildman–Crippen LogP) is 5.20. The molecule has 2 aromatic carbocycles. The Morgan fingerprint density at radius 2 is 1.71 bits per heavy atom. The highest BCUT2D eigenvalue weighted by atomic mass is 35.5. The van der Waals surface area contributed by atoms with E-state index >= 15 is 0 Å². The van der Waals surface area contributed by atoms with Crippen molar-refractivity contribution in [1.29, 1.82) is 0 Å². The summed E-state index contributed by atoms with van der Waals surface area (Å²) in [4.78, 5) is 0. The number of nitrogens with one attached hydrogen (secondary N) is 1. The van der Waals surface area contributed by atoms with Crippen LogP contribution in [0.5, 0.6) is 0 Å². The molecule has 2 rings (SSSR count). The number of rotatable bonds is 7. The number of hydrogen-bond acceptors (Lipinski definition) is 2. The molecule has 0 amide bonds. The zero-order valence-corrected chi connectivity index (χ0v) is 16.0. The molecule has 130 valence electrons. The molecule has 0 spiro atoms. The minimum Gasteiger partial charge on any atom is -0.212 e. The van der Waals surface area contributed by atoms with Gasteiger partial charge in [0.25, 0.3) is 0 Å². The second kappa shape index (κ2) is 8.34. The van der Waals surface area contributed by atoms with Crippen molar-refractivity contribution in [3.05, 3.63) is 69.7 Å². The summed E-state index contributed by atoms with van der Waals surface area (Å²) in [5, 5.41) is 0.837. The first-order valence-corrected chi connectivity index (χ1v) is 10.2. The lowest BCUT2D eigenvalue weighted by Crippen LogP contribution is -2.30. The van der Waals surface area contributed by atoms with Gasteiger partial charge in [0.05, 0.1) is 5.75 Å². The fourth-order valence-electron chi connectivity index (χ4n) is 2.51. The van der Waals surface area contributed by atoms with E-state index in [0.717, 1.165) is 12.0 Å². The molecule has 0 radical (unpaired) electrons. The van der Waals surface area contributed by atoms with Crippen LogP contribution in [0.15, 0.2) is 48.5 Å². The fraction of sp³-hybridized carbons (Fsp3) is 0.333. The molecule has 6 heteroatoms. The van der Waals surface area contributed by atoms with Crippen LogP contribution < -0.4 is 4.72 Å². The monoisotopic (exact) mass is 385 g/mol. The van der Waals surface area contributed by atoms with Gasteiger partial charge in [-0.2, -0.15) is 0 Å². The Balaban J connectivity index is 2.20. The molecule has 2 aromatic rings. The third-order valence-electron chi connectivity index (χ3n) is 3.59. The molecular weight excluding hydrogens is 365 g/mol. The smallest absolute Gasteiger partial charge is 0.212 e. The average molecular weight is 386 g/mol. The van der Waals surface area contributed by atoms with Gasteiger partial charge in [-0.25, -0.2) is 13.1 Å². The van der Waals surface area contributed by atoms with E-state index < -0.39 is 10.0 Å². The van der Waals surface area contributed by atoms with Gasteiger partial charge < -0.3 is 0 Å². The lowest BCUT2D eigenvalue weighted by molar-refractivity contribution is 0.472. The van der Waals surface area contributed by atoms with Gasteiger partial charge in [0.2, 0.25) is 10.0 Å². The summed E-state index contributed by atoms with van der Waals surface area (Å²) in [5.41, 5.74) is 1.49. The second-order valence-corrected chi connectivity index (χ2v) is 8.80. The van der Waals surface area contributed by atoms with Crippen LogP contribution in [0, 0.1) is 5.92 Å². The largest absolute Gasteiger partial charge is 0.216 e. The maximum atomic E-state index is 12.6. The molecule has 0 fully saturated rings. The lowest BCUT2D eigenvalue weighted by atomic mass is 9.98. The highest BCUT2D eigenvalue weighted by Gasteiger charge is 2.21. The van der Waals surface area contributed by atoms with Crippen LogP contribution >= 0.6 is 23.2 Å². The van der Waals surface area contributed by atoms with Crippen molar-refractivity contribution in [2.24, 2.45) is 5.92 Å². The summed E-state index contributed by atoms with van der Waals surface area (Å²) in [6, 6.07) is 14.2. The van der Waals surface area contributed by atoms with Gasteiger partial charge in [-0.1, -0.05) is 73.4 Å². The maximum Gasteiger partial charge on any atom is 0.216 e. The first kappa shape index (κ1) is 19.3. The van der Waals surface area contributed by atoms with Crippen LogP contribution in [0.25, 0.3) is 0 Å². The molecule has 0 aliphatic carbocycles. The van der Waals surface area contributed by atoms with Crippen LogP contribution in [0.3, 0.4) is 0 Å². The molecule has 24 heavy (non-hydrogen) atoms. The Hall–Kier alpha value is -1.07. The number of hydrogen-bond donors (Lipinski definition) is 1. The lowest BCUT2D eigenvalue weighted by Gasteiger charge is -2.21. The van der Waals surface area contributed by atoms with E-state index in [0.29, 0.717) is 21.5 Å². The number of halogens is 2. The Morgan fingerprint density at radius 3 is 2.29 bits per heavy atom. The van der Waals surface area contributed by atoms with E-state index in [4.69, 9.17) is 23.2 Å². The Kier molecular flexibility index (Phi) is 6.70. The highest BCUT2D eigenvalue weighted by molar-refractivity contribution is 7.88. The molecule has 0 bridgehead atoms. The van der Waals surface area contributed by atoms with E-state index in [1.807, 2.05) is 30.3 Å². The van der Waals surface area contributed by atoms with Crippen molar-refractivity contribution >= 4 is 33.2 Å². The zero-order valence-electron chi connectivity index (χ0n) is 13.7. The summed E-state index contributed by atoms with van der Waals surface area (Å²) in [6.45, 7) is 4.14. The van der Waals surface area contributed by atoms with Crippen molar-refractivity contribution in [2.45, 2.75) is 32.1 Å². The van der Waals surface area contributed by atoms with E-state index in [2.05, 4.69) is 18.6 Å². The normalized spacial score (nSPS) is 13.2. The molecule has 1 atom stereocenters. The van der Waals surface area contributed by atoms with Gasteiger partial charge in [-0.15, -0.1) is 0 Å². The van der Waals surface area contributed by atoms with Gasteiger partial charge in [0.1, 0.15) is 0 Å². The molecule has 0 heterocycles. The summed E-state index contributed by atoms with van der Waals surface area (Å²) >= 11 is 12.0. The van der Waals surface area contributed by atoms with Gasteiger partial charge >= 0.3 is 0 Å². The van der Waals surface area contributed by atoms with E-state index in [9.17, 15) is 8.42 Å². The van der Waals surface area contributed by atoms with E-state index in [-0.39, 0.29) is 11.8 Å². The number of benzene rings is 2. The van der Waals surface area contributed by atoms with E-state index in [1.54, 1.807) is 18.2 Å². The van der Waals surface area contributed by atoms with Crippen LogP contribution in [0.1, 0.15) is 37.4 Å². The third kappa shape index (κ3) is 5.78. The van der Waals surface area contributed by atoms with Crippen LogP contribution in [-0.2, 0) is 15.8 Å². The molecule has 0 aliphatic heterocycles. The third-order valence-corrected chi connectivity index (χ3v) is 5.51. The summed E-state index contributed by atoms with van der Waals surface area (Å²) in [7, 11) is -3.54. The number of sulfonamides is 1. The molecule has 0 aromatic heterocycles. The second-order valence-electron chi connectivity index (χ2n) is 6.21.